The molecule has 0 aliphatic carbocycles. The van der Waals surface area contributed by atoms with Gasteiger partial charge in [-0.2, -0.15) is 9.97 Å². The second kappa shape index (κ2) is 8.09. The van der Waals surface area contributed by atoms with Crippen molar-refractivity contribution in [1.82, 2.24) is 19.5 Å². The van der Waals surface area contributed by atoms with Gasteiger partial charge in [-0.15, -0.1) is 0 Å². The Bertz CT molecular complexity index is 1020. The van der Waals surface area contributed by atoms with Crippen molar-refractivity contribution in [2.24, 2.45) is 0 Å². The van der Waals surface area contributed by atoms with Crippen LogP contribution in [-0.2, 0) is 11.3 Å². The van der Waals surface area contributed by atoms with Crippen LogP contribution in [0.4, 0.5) is 5.82 Å². The third-order valence-electron chi connectivity index (χ3n) is 4.82. The molecule has 1 aromatic carbocycles. The number of nitrogens with zero attached hydrogens (tertiary/aromatic N) is 4. The van der Waals surface area contributed by atoms with Gasteiger partial charge in [0, 0.05) is 12.1 Å². The van der Waals surface area contributed by atoms with Gasteiger partial charge in [-0.1, -0.05) is 18.2 Å². The van der Waals surface area contributed by atoms with E-state index in [-0.39, 0.29) is 5.28 Å². The topological polar surface area (TPSA) is 135 Å². The number of imidazole rings is 1. The highest BCUT2D eigenvalue weighted by Crippen LogP contribution is 2.33. The smallest absolute Gasteiger partial charge is 0.226 e. The van der Waals surface area contributed by atoms with E-state index in [1.165, 1.54) is 10.9 Å². The molecule has 2 aromatic heterocycles. The number of nitrogens with one attached hydrogen (secondary N) is 1. The molecule has 4 N–H and O–H groups in total. The number of methoxy groups -OCH3 is 1. The summed E-state index contributed by atoms with van der Waals surface area (Å²) >= 11 is 6.10. The number of aliphatic hydroxyl groups is 3. The van der Waals surface area contributed by atoms with Crippen molar-refractivity contribution in [3.63, 3.8) is 0 Å². The minimum Gasteiger partial charge on any atom is -0.496 e. The standard InChI is InChI=1S/C18H20ClN5O5/c1-28-10-5-3-2-4-9(10)6-20-15-12-16(23-18(19)22-15)24(8-21-12)17-14(27)13(26)11(7-25)29-17/h2-5,8,11,13-14,17,25-27H,6-7H2,1H3,(H,20,22,23)/t11-,13-,14-,17-/m1/s1. The summed E-state index contributed by atoms with van der Waals surface area (Å²) in [4.78, 5) is 12.7. The lowest BCUT2D eigenvalue weighted by atomic mass is 10.1. The number of aliphatic hydroxyl groups excluding tert-OH is 3. The van der Waals surface area contributed by atoms with E-state index in [4.69, 9.17) is 21.1 Å². The molecule has 0 bridgehead atoms. The summed E-state index contributed by atoms with van der Waals surface area (Å²) in [6.45, 7) is -0.0179. The Morgan fingerprint density at radius 1 is 1.24 bits per heavy atom. The van der Waals surface area contributed by atoms with Crippen LogP contribution >= 0.6 is 11.6 Å². The molecule has 1 aliphatic heterocycles. The van der Waals surface area contributed by atoms with Crippen molar-refractivity contribution in [3.8, 4) is 5.75 Å². The Morgan fingerprint density at radius 2 is 2.03 bits per heavy atom. The average molecular weight is 422 g/mol. The third kappa shape index (κ3) is 3.61. The highest BCUT2D eigenvalue weighted by atomic mass is 35.5. The Morgan fingerprint density at radius 3 is 2.76 bits per heavy atom. The maximum atomic E-state index is 10.3. The Labute approximate surface area is 170 Å². The Kier molecular flexibility index (Phi) is 5.52. The summed E-state index contributed by atoms with van der Waals surface area (Å²) in [6, 6.07) is 7.56. The maximum Gasteiger partial charge on any atom is 0.226 e. The fraction of sp³-hybridized carbons (Fsp3) is 0.389. The average Bonchev–Trinajstić information content (AvgIpc) is 3.27. The van der Waals surface area contributed by atoms with Crippen LogP contribution in [0.25, 0.3) is 11.2 Å². The first-order chi connectivity index (χ1) is 14.0. The van der Waals surface area contributed by atoms with Crippen molar-refractivity contribution in [2.45, 2.75) is 31.1 Å². The first-order valence-corrected chi connectivity index (χ1v) is 9.29. The minimum absolute atomic E-state index is 0.0199. The molecule has 3 aromatic rings. The van der Waals surface area contributed by atoms with Gasteiger partial charge in [0.05, 0.1) is 20.0 Å². The van der Waals surface area contributed by atoms with Crippen LogP contribution in [0.5, 0.6) is 5.75 Å². The molecule has 0 spiro atoms. The summed E-state index contributed by atoms with van der Waals surface area (Å²) in [7, 11) is 1.60. The van der Waals surface area contributed by atoms with Gasteiger partial charge >= 0.3 is 0 Å². The molecule has 11 heteroatoms. The lowest BCUT2D eigenvalue weighted by molar-refractivity contribution is -0.0511. The zero-order valence-corrected chi connectivity index (χ0v) is 16.2. The predicted octanol–water partition coefficient (Wildman–Crippen LogP) is 0.712. The van der Waals surface area contributed by atoms with E-state index < -0.39 is 31.1 Å². The quantitative estimate of drug-likeness (QED) is 0.424. The molecule has 4 atom stereocenters. The van der Waals surface area contributed by atoms with Crippen molar-refractivity contribution in [3.05, 3.63) is 41.4 Å². The van der Waals surface area contributed by atoms with Crippen LogP contribution in [0, 0.1) is 0 Å². The molecule has 1 fully saturated rings. The number of ether oxygens (including phenoxy) is 2. The van der Waals surface area contributed by atoms with E-state index >= 15 is 0 Å². The summed E-state index contributed by atoms with van der Waals surface area (Å²) in [5.74, 6) is 1.13. The van der Waals surface area contributed by atoms with Crippen molar-refractivity contribution < 1.29 is 24.8 Å². The number of fused-ring (bicyclic) bond motifs is 1. The van der Waals surface area contributed by atoms with E-state index in [1.807, 2.05) is 24.3 Å². The van der Waals surface area contributed by atoms with Gasteiger partial charge in [-0.05, 0) is 17.7 Å². The number of benzene rings is 1. The van der Waals surface area contributed by atoms with Gasteiger partial charge < -0.3 is 30.1 Å². The monoisotopic (exact) mass is 421 g/mol. The summed E-state index contributed by atoms with van der Waals surface area (Å²) < 4.78 is 12.4. The van der Waals surface area contributed by atoms with E-state index in [2.05, 4.69) is 20.3 Å². The highest BCUT2D eigenvalue weighted by molar-refractivity contribution is 6.28. The molecule has 0 radical (unpaired) electrons. The zero-order chi connectivity index (χ0) is 20.5. The fourth-order valence-corrected chi connectivity index (χ4v) is 3.50. The third-order valence-corrected chi connectivity index (χ3v) is 4.99. The largest absolute Gasteiger partial charge is 0.496 e. The van der Waals surface area contributed by atoms with Crippen LogP contribution < -0.4 is 10.1 Å². The molecule has 0 amide bonds. The van der Waals surface area contributed by atoms with E-state index in [9.17, 15) is 15.3 Å². The molecule has 1 aliphatic rings. The van der Waals surface area contributed by atoms with Crippen LogP contribution in [0.2, 0.25) is 5.28 Å². The summed E-state index contributed by atoms with van der Waals surface area (Å²) in [6.07, 6.45) is -2.95. The molecule has 3 heterocycles. The SMILES string of the molecule is COc1ccccc1CNc1nc(Cl)nc2c1ncn2[C@@H]1O[C@H](CO)[C@@H](O)[C@H]1O. The number of anilines is 1. The second-order valence-corrected chi connectivity index (χ2v) is 6.90. The summed E-state index contributed by atoms with van der Waals surface area (Å²) in [5.41, 5.74) is 1.66. The molecule has 0 saturated carbocycles. The number of rotatable bonds is 6. The second-order valence-electron chi connectivity index (χ2n) is 6.56. The van der Waals surface area contributed by atoms with E-state index in [0.717, 1.165) is 11.3 Å². The number of hydrogen-bond acceptors (Lipinski definition) is 9. The van der Waals surface area contributed by atoms with Crippen LogP contribution in [-0.4, -0.2) is 66.9 Å². The molecule has 154 valence electrons. The van der Waals surface area contributed by atoms with Crippen LogP contribution in [0.1, 0.15) is 11.8 Å². The Balaban J connectivity index is 1.65. The van der Waals surface area contributed by atoms with Crippen LogP contribution in [0.3, 0.4) is 0 Å². The molecule has 4 rings (SSSR count). The normalized spacial score (nSPS) is 24.2. The van der Waals surface area contributed by atoms with Crippen LogP contribution in [0.15, 0.2) is 30.6 Å². The molecule has 10 nitrogen and oxygen atoms in total. The highest BCUT2D eigenvalue weighted by Gasteiger charge is 2.44. The van der Waals surface area contributed by atoms with Gasteiger partial charge in [0.25, 0.3) is 0 Å². The number of hydrogen-bond donors (Lipinski definition) is 4. The molecule has 1 saturated heterocycles. The molecule has 0 unspecified atom stereocenters. The maximum absolute atomic E-state index is 10.3. The number of aromatic nitrogens is 4. The minimum atomic E-state index is -1.26. The van der Waals surface area contributed by atoms with E-state index in [1.54, 1.807) is 7.11 Å². The Hall–Kier alpha value is -2.50. The number of para-hydroxylation sites is 1. The van der Waals surface area contributed by atoms with Gasteiger partial charge in [-0.25, -0.2) is 4.98 Å². The van der Waals surface area contributed by atoms with Gasteiger partial charge in [0.15, 0.2) is 23.2 Å². The van der Waals surface area contributed by atoms with E-state index in [0.29, 0.717) is 23.5 Å². The van der Waals surface area contributed by atoms with Crippen molar-refractivity contribution in [1.29, 1.82) is 0 Å². The lowest BCUT2D eigenvalue weighted by Crippen LogP contribution is -2.33. The molecule has 29 heavy (non-hydrogen) atoms. The fourth-order valence-electron chi connectivity index (χ4n) is 3.34. The number of halogens is 1. The first kappa shape index (κ1) is 19.8. The predicted molar refractivity (Wildman–Crippen MR) is 104 cm³/mol. The molecular formula is C18H20ClN5O5. The summed E-state index contributed by atoms with van der Waals surface area (Å²) in [5, 5.41) is 32.8. The zero-order valence-electron chi connectivity index (χ0n) is 15.4. The van der Waals surface area contributed by atoms with Crippen molar-refractivity contribution >= 4 is 28.6 Å². The molecular weight excluding hydrogens is 402 g/mol. The van der Waals surface area contributed by atoms with Gasteiger partial charge in [0.1, 0.15) is 24.1 Å². The van der Waals surface area contributed by atoms with Gasteiger partial charge in [0.2, 0.25) is 5.28 Å². The first-order valence-electron chi connectivity index (χ1n) is 8.91. The lowest BCUT2D eigenvalue weighted by Gasteiger charge is -2.16. The van der Waals surface area contributed by atoms with Gasteiger partial charge in [-0.3, -0.25) is 4.57 Å². The van der Waals surface area contributed by atoms with Crippen molar-refractivity contribution in [2.75, 3.05) is 19.0 Å².